The van der Waals surface area contributed by atoms with Crippen molar-refractivity contribution < 1.29 is 22.8 Å². The fourth-order valence-electron chi connectivity index (χ4n) is 3.24. The highest BCUT2D eigenvalue weighted by atomic mass is 19.4. The molecule has 1 aromatic rings. The topological polar surface area (TPSA) is 52.6 Å². The average molecular weight is 399 g/mol. The molecule has 1 N–H and O–H groups in total. The van der Waals surface area contributed by atoms with Crippen molar-refractivity contribution in [2.75, 3.05) is 46.8 Å². The first kappa shape index (κ1) is 22.4. The number of benzene rings is 1. The van der Waals surface area contributed by atoms with Crippen molar-refractivity contribution in [2.24, 2.45) is 0 Å². The van der Waals surface area contributed by atoms with Crippen LogP contribution < -0.4 is 5.32 Å². The molecule has 0 saturated heterocycles. The zero-order chi connectivity index (χ0) is 20.7. The summed E-state index contributed by atoms with van der Waals surface area (Å²) in [5, 5.41) is 3.31. The number of alkyl halides is 3. The van der Waals surface area contributed by atoms with Crippen molar-refractivity contribution in [3.05, 3.63) is 34.9 Å². The third-order valence-corrected chi connectivity index (χ3v) is 4.85. The first-order valence-electron chi connectivity index (χ1n) is 9.55. The summed E-state index contributed by atoms with van der Waals surface area (Å²) >= 11 is 0. The monoisotopic (exact) mass is 399 g/mol. The van der Waals surface area contributed by atoms with Gasteiger partial charge in [-0.15, -0.1) is 0 Å². The summed E-state index contributed by atoms with van der Waals surface area (Å²) in [6, 6.07) is 5.65. The van der Waals surface area contributed by atoms with Crippen LogP contribution in [0.5, 0.6) is 0 Å². The minimum Gasteiger partial charge on any atom is -0.334 e. The summed E-state index contributed by atoms with van der Waals surface area (Å²) < 4.78 is 38.4. The van der Waals surface area contributed by atoms with E-state index in [0.29, 0.717) is 12.1 Å². The van der Waals surface area contributed by atoms with E-state index >= 15 is 0 Å². The van der Waals surface area contributed by atoms with Gasteiger partial charge in [-0.2, -0.15) is 13.2 Å². The Kier molecular flexibility index (Phi) is 8.00. The lowest BCUT2D eigenvalue weighted by Crippen LogP contribution is -2.44. The molecule has 2 rings (SSSR count). The fraction of sp³-hybridized carbons (Fsp3) is 0.600. The van der Waals surface area contributed by atoms with Crippen molar-refractivity contribution in [3.63, 3.8) is 0 Å². The van der Waals surface area contributed by atoms with E-state index in [1.54, 1.807) is 25.1 Å². The minimum absolute atomic E-state index is 0.0224. The molecule has 0 saturated carbocycles. The second-order valence-corrected chi connectivity index (χ2v) is 7.35. The van der Waals surface area contributed by atoms with Gasteiger partial charge >= 0.3 is 12.1 Å². The molecule has 0 radical (unpaired) electrons. The van der Waals surface area contributed by atoms with Crippen LogP contribution in [-0.4, -0.2) is 74.5 Å². The number of halogens is 3. The molecule has 0 unspecified atom stereocenters. The van der Waals surface area contributed by atoms with E-state index < -0.39 is 12.1 Å². The number of Topliss-reactive ketones (excluding diaryl/α,β-unsaturated/α-hetero) is 1. The lowest BCUT2D eigenvalue weighted by Gasteiger charge is -2.25. The predicted octanol–water partition coefficient (Wildman–Crippen LogP) is 2.29. The van der Waals surface area contributed by atoms with Crippen LogP contribution in [-0.2, 0) is 17.6 Å². The molecule has 0 atom stereocenters. The molecule has 1 aromatic carbocycles. The van der Waals surface area contributed by atoms with Crippen LogP contribution in [0, 0.1) is 0 Å². The van der Waals surface area contributed by atoms with Crippen molar-refractivity contribution in [3.8, 4) is 0 Å². The number of ketones is 1. The molecule has 1 aliphatic rings. The summed E-state index contributed by atoms with van der Waals surface area (Å²) in [7, 11) is 3.46. The molecule has 0 fully saturated rings. The highest BCUT2D eigenvalue weighted by Gasteiger charge is 2.42. The number of likely N-dealkylation sites (N-methyl/N-ethyl adjacent to an activating group) is 1. The zero-order valence-corrected chi connectivity index (χ0v) is 16.4. The molecule has 5 nitrogen and oxygen atoms in total. The van der Waals surface area contributed by atoms with Crippen molar-refractivity contribution in [1.82, 2.24) is 15.1 Å². The first-order valence-corrected chi connectivity index (χ1v) is 9.55. The first-order chi connectivity index (χ1) is 13.2. The summed E-state index contributed by atoms with van der Waals surface area (Å²) in [4.78, 5) is 26.6. The second kappa shape index (κ2) is 10.0. The van der Waals surface area contributed by atoms with Gasteiger partial charge in [-0.25, -0.2) is 0 Å². The van der Waals surface area contributed by atoms with Gasteiger partial charge < -0.3 is 15.1 Å². The van der Waals surface area contributed by atoms with E-state index in [1.165, 1.54) is 5.56 Å². The zero-order valence-electron chi connectivity index (χ0n) is 16.4. The van der Waals surface area contributed by atoms with Crippen LogP contribution in [0.25, 0.3) is 0 Å². The third kappa shape index (κ3) is 6.60. The lowest BCUT2D eigenvalue weighted by molar-refractivity contribution is -0.185. The van der Waals surface area contributed by atoms with Crippen LogP contribution in [0.15, 0.2) is 18.2 Å². The maximum atomic E-state index is 12.8. The van der Waals surface area contributed by atoms with E-state index in [9.17, 15) is 22.8 Å². The van der Waals surface area contributed by atoms with Gasteiger partial charge in [0.15, 0.2) is 5.78 Å². The molecule has 28 heavy (non-hydrogen) atoms. The largest absolute Gasteiger partial charge is 0.471 e. The van der Waals surface area contributed by atoms with Crippen LogP contribution in [0.4, 0.5) is 13.2 Å². The minimum atomic E-state index is -4.90. The average Bonchev–Trinajstić information content (AvgIpc) is 2.87. The van der Waals surface area contributed by atoms with Crippen molar-refractivity contribution in [2.45, 2.75) is 31.9 Å². The Balaban J connectivity index is 1.94. The lowest BCUT2D eigenvalue weighted by atomic mass is 9.97. The van der Waals surface area contributed by atoms with Gasteiger partial charge in [-0.05, 0) is 63.6 Å². The van der Waals surface area contributed by atoms with Crippen LogP contribution >= 0.6 is 0 Å². The molecule has 0 aromatic heterocycles. The van der Waals surface area contributed by atoms with E-state index in [0.717, 1.165) is 36.4 Å². The van der Waals surface area contributed by atoms with Gasteiger partial charge in [0.05, 0.1) is 0 Å². The maximum absolute atomic E-state index is 12.8. The van der Waals surface area contributed by atoms with Crippen molar-refractivity contribution in [1.29, 1.82) is 0 Å². The molecule has 1 aliphatic heterocycles. The number of rotatable bonds is 8. The van der Waals surface area contributed by atoms with E-state index in [2.05, 4.69) is 5.32 Å². The molecule has 0 bridgehead atoms. The number of carbonyl (C=O) groups excluding carboxylic acids is 2. The number of nitrogens with zero attached hydrogens (tertiary/aromatic N) is 2. The number of amides is 1. The quantitative estimate of drug-likeness (QED) is 0.682. The smallest absolute Gasteiger partial charge is 0.334 e. The van der Waals surface area contributed by atoms with Crippen LogP contribution in [0.1, 0.15) is 34.3 Å². The Bertz CT molecular complexity index is 690. The molecule has 1 amide bonds. The number of fused-ring (bicyclic) bond motifs is 1. The molecule has 8 heteroatoms. The number of hydrogen-bond donors (Lipinski definition) is 1. The SMILES string of the molecule is CN(C)CCN(CCCC(=O)c1ccc2c(c1)CCNCC2)C(=O)C(F)(F)F. The Morgan fingerprint density at radius 3 is 2.36 bits per heavy atom. The number of carbonyl (C=O) groups is 2. The van der Waals surface area contributed by atoms with Gasteiger partial charge in [0.1, 0.15) is 0 Å². The predicted molar refractivity (Wildman–Crippen MR) is 101 cm³/mol. The molecular formula is C20H28F3N3O2. The fourth-order valence-corrected chi connectivity index (χ4v) is 3.24. The van der Waals surface area contributed by atoms with Gasteiger partial charge in [0.2, 0.25) is 0 Å². The van der Waals surface area contributed by atoms with Gasteiger partial charge in [-0.1, -0.05) is 12.1 Å². The molecule has 156 valence electrons. The Morgan fingerprint density at radius 2 is 1.71 bits per heavy atom. The van der Waals surface area contributed by atoms with Gasteiger partial charge in [0, 0.05) is 31.6 Å². The van der Waals surface area contributed by atoms with E-state index in [1.807, 2.05) is 12.1 Å². The highest BCUT2D eigenvalue weighted by molar-refractivity contribution is 5.96. The van der Waals surface area contributed by atoms with Crippen LogP contribution in [0.2, 0.25) is 0 Å². The van der Waals surface area contributed by atoms with E-state index in [4.69, 9.17) is 0 Å². The number of hydrogen-bond acceptors (Lipinski definition) is 4. The molecular weight excluding hydrogens is 371 g/mol. The second-order valence-electron chi connectivity index (χ2n) is 7.35. The summed E-state index contributed by atoms with van der Waals surface area (Å²) in [5.41, 5.74) is 2.96. The Hall–Kier alpha value is -1.93. The molecule has 0 aliphatic carbocycles. The maximum Gasteiger partial charge on any atom is 0.471 e. The summed E-state index contributed by atoms with van der Waals surface area (Å²) in [5.74, 6) is -1.95. The van der Waals surface area contributed by atoms with Gasteiger partial charge in [0.25, 0.3) is 0 Å². The highest BCUT2D eigenvalue weighted by Crippen LogP contribution is 2.20. The Morgan fingerprint density at radius 1 is 1.04 bits per heavy atom. The third-order valence-electron chi connectivity index (χ3n) is 4.85. The number of nitrogens with one attached hydrogen (secondary N) is 1. The van der Waals surface area contributed by atoms with Gasteiger partial charge in [-0.3, -0.25) is 9.59 Å². The summed E-state index contributed by atoms with van der Waals surface area (Å²) in [6.45, 7) is 1.99. The van der Waals surface area contributed by atoms with Crippen molar-refractivity contribution >= 4 is 11.7 Å². The van der Waals surface area contributed by atoms with Crippen LogP contribution in [0.3, 0.4) is 0 Å². The van der Waals surface area contributed by atoms with E-state index in [-0.39, 0.29) is 31.7 Å². The summed E-state index contributed by atoms with van der Waals surface area (Å²) in [6.07, 6.45) is -2.81. The Labute approximate surface area is 163 Å². The molecule has 0 spiro atoms. The normalized spacial score (nSPS) is 14.5. The standard InChI is InChI=1S/C20H28F3N3O2/c1-25(2)12-13-26(19(28)20(21,22)23)11-3-4-18(27)17-6-5-15-7-9-24-10-8-16(15)14-17/h5-6,14,24H,3-4,7-13H2,1-2H3. The molecule has 1 heterocycles.